The largest absolute Gasteiger partial charge is 0.387 e. The summed E-state index contributed by atoms with van der Waals surface area (Å²) in [6.45, 7) is 0.502. The Bertz CT molecular complexity index is 413. The van der Waals surface area contributed by atoms with Crippen LogP contribution in [-0.2, 0) is 0 Å². The first-order valence-corrected chi connectivity index (χ1v) is 5.29. The maximum Gasteiger partial charge on any atom is 0.0962 e. The van der Waals surface area contributed by atoms with Gasteiger partial charge in [-0.3, -0.25) is 0 Å². The van der Waals surface area contributed by atoms with Crippen LogP contribution < -0.4 is 5.32 Å². The summed E-state index contributed by atoms with van der Waals surface area (Å²) >= 11 is 0. The van der Waals surface area contributed by atoms with Crippen molar-refractivity contribution in [3.8, 4) is 0 Å². The molecule has 2 nitrogen and oxygen atoms in total. The number of benzene rings is 2. The maximum atomic E-state index is 9.91. The predicted molar refractivity (Wildman–Crippen MR) is 65.2 cm³/mol. The van der Waals surface area contributed by atoms with Gasteiger partial charge in [0.05, 0.1) is 6.10 Å². The summed E-state index contributed by atoms with van der Waals surface area (Å²) in [6, 6.07) is 20.2. The molecule has 81 valence electrons. The van der Waals surface area contributed by atoms with Gasteiger partial charge < -0.3 is 10.4 Å². The van der Waals surface area contributed by atoms with E-state index in [0.717, 1.165) is 11.3 Å². The molecule has 0 amide bonds. The number of aliphatic hydroxyl groups excluding tert-OH is 1. The van der Waals surface area contributed by atoms with Gasteiger partial charge in [0.1, 0.15) is 0 Å². The Morgan fingerprint density at radius 1 is 1.12 bits per heavy atom. The number of hydrogen-bond acceptors (Lipinski definition) is 2. The van der Waals surface area contributed by atoms with Gasteiger partial charge in [0.15, 0.2) is 0 Å². The molecule has 2 aromatic rings. The first-order chi connectivity index (χ1) is 7.86. The average molecular weight is 212 g/mol. The van der Waals surface area contributed by atoms with E-state index in [-0.39, 0.29) is 0 Å². The van der Waals surface area contributed by atoms with E-state index >= 15 is 0 Å². The zero-order valence-corrected chi connectivity index (χ0v) is 8.93. The van der Waals surface area contributed by atoms with Crippen molar-refractivity contribution in [3.05, 3.63) is 66.2 Å². The van der Waals surface area contributed by atoms with Gasteiger partial charge in [-0.15, -0.1) is 0 Å². The Morgan fingerprint density at radius 3 is 2.62 bits per heavy atom. The van der Waals surface area contributed by atoms with Crippen LogP contribution in [0.25, 0.3) is 0 Å². The summed E-state index contributed by atoms with van der Waals surface area (Å²) in [5, 5.41) is 13.1. The van der Waals surface area contributed by atoms with E-state index in [1.165, 1.54) is 0 Å². The molecule has 1 radical (unpaired) electrons. The molecule has 0 spiro atoms. The molecule has 0 aliphatic heterocycles. The highest BCUT2D eigenvalue weighted by Crippen LogP contribution is 2.13. The van der Waals surface area contributed by atoms with Crippen molar-refractivity contribution < 1.29 is 5.11 Å². The van der Waals surface area contributed by atoms with Gasteiger partial charge in [-0.1, -0.05) is 42.5 Å². The molecule has 0 aliphatic carbocycles. The van der Waals surface area contributed by atoms with Crippen LogP contribution >= 0.6 is 0 Å². The van der Waals surface area contributed by atoms with Gasteiger partial charge >= 0.3 is 0 Å². The molecule has 16 heavy (non-hydrogen) atoms. The monoisotopic (exact) mass is 212 g/mol. The van der Waals surface area contributed by atoms with Crippen LogP contribution in [-0.4, -0.2) is 11.7 Å². The Labute approximate surface area is 95.6 Å². The molecule has 2 heteroatoms. The van der Waals surface area contributed by atoms with Gasteiger partial charge in [-0.05, 0) is 23.8 Å². The molecule has 2 N–H and O–H groups in total. The highest BCUT2D eigenvalue weighted by atomic mass is 16.3. The summed E-state index contributed by atoms with van der Waals surface area (Å²) in [5.74, 6) is 0. The van der Waals surface area contributed by atoms with E-state index in [4.69, 9.17) is 0 Å². The minimum atomic E-state index is -0.485. The number of nitrogens with one attached hydrogen (secondary N) is 1. The number of anilines is 1. The molecule has 0 bridgehead atoms. The molecule has 0 aromatic heterocycles. The third-order valence-electron chi connectivity index (χ3n) is 2.39. The van der Waals surface area contributed by atoms with Crippen LogP contribution in [0.2, 0.25) is 0 Å². The highest BCUT2D eigenvalue weighted by molar-refractivity contribution is 5.42. The third-order valence-corrected chi connectivity index (χ3v) is 2.39. The SMILES string of the molecule is O[C@H](CNc1c[c]ccc1)c1ccccc1. The van der Waals surface area contributed by atoms with E-state index in [2.05, 4.69) is 11.4 Å². The van der Waals surface area contributed by atoms with Gasteiger partial charge in [0.25, 0.3) is 0 Å². The van der Waals surface area contributed by atoms with Crippen molar-refractivity contribution in [1.82, 2.24) is 0 Å². The summed E-state index contributed by atoms with van der Waals surface area (Å²) in [7, 11) is 0. The van der Waals surface area contributed by atoms with E-state index in [0.29, 0.717) is 6.54 Å². The van der Waals surface area contributed by atoms with Gasteiger partial charge in [-0.25, -0.2) is 0 Å². The van der Waals surface area contributed by atoms with Crippen molar-refractivity contribution >= 4 is 5.69 Å². The Morgan fingerprint density at radius 2 is 1.94 bits per heavy atom. The number of rotatable bonds is 4. The normalized spacial score (nSPS) is 12.1. The van der Waals surface area contributed by atoms with Crippen LogP contribution in [0.1, 0.15) is 11.7 Å². The Balaban J connectivity index is 1.92. The van der Waals surface area contributed by atoms with Crippen LogP contribution in [0, 0.1) is 6.07 Å². The molecule has 0 saturated heterocycles. The van der Waals surface area contributed by atoms with Gasteiger partial charge in [0, 0.05) is 12.2 Å². The second-order valence-electron chi connectivity index (χ2n) is 3.60. The zero-order valence-electron chi connectivity index (χ0n) is 8.93. The molecule has 0 saturated carbocycles. The predicted octanol–water partition coefficient (Wildman–Crippen LogP) is 2.63. The summed E-state index contributed by atoms with van der Waals surface area (Å²) in [6.07, 6.45) is -0.485. The highest BCUT2D eigenvalue weighted by Gasteiger charge is 2.05. The Kier molecular flexibility index (Phi) is 3.57. The van der Waals surface area contributed by atoms with E-state index in [1.807, 2.05) is 54.6 Å². The van der Waals surface area contributed by atoms with Crippen LogP contribution in [0.3, 0.4) is 0 Å². The van der Waals surface area contributed by atoms with Crippen LogP contribution in [0.5, 0.6) is 0 Å². The van der Waals surface area contributed by atoms with Crippen molar-refractivity contribution in [3.63, 3.8) is 0 Å². The quantitative estimate of drug-likeness (QED) is 0.816. The third kappa shape index (κ3) is 2.84. The molecule has 2 rings (SSSR count). The topological polar surface area (TPSA) is 32.3 Å². The van der Waals surface area contributed by atoms with Crippen molar-refractivity contribution in [1.29, 1.82) is 0 Å². The van der Waals surface area contributed by atoms with Crippen LogP contribution in [0.4, 0.5) is 5.69 Å². The van der Waals surface area contributed by atoms with Crippen LogP contribution in [0.15, 0.2) is 54.6 Å². The molecule has 1 atom stereocenters. The average Bonchev–Trinajstić information content (AvgIpc) is 2.38. The lowest BCUT2D eigenvalue weighted by Crippen LogP contribution is -2.11. The Hall–Kier alpha value is -1.80. The van der Waals surface area contributed by atoms with Gasteiger partial charge in [-0.2, -0.15) is 0 Å². The molecule has 0 aliphatic rings. The summed E-state index contributed by atoms with van der Waals surface area (Å²) in [5.41, 5.74) is 1.90. The van der Waals surface area contributed by atoms with Crippen molar-refractivity contribution in [2.45, 2.75) is 6.10 Å². The fourth-order valence-corrected chi connectivity index (χ4v) is 1.51. The van der Waals surface area contributed by atoms with Crippen molar-refractivity contribution in [2.75, 3.05) is 11.9 Å². The minimum Gasteiger partial charge on any atom is -0.387 e. The summed E-state index contributed by atoms with van der Waals surface area (Å²) in [4.78, 5) is 0. The van der Waals surface area contributed by atoms with E-state index < -0.39 is 6.10 Å². The first kappa shape index (κ1) is 10.7. The first-order valence-electron chi connectivity index (χ1n) is 5.29. The lowest BCUT2D eigenvalue weighted by atomic mass is 10.1. The van der Waals surface area contributed by atoms with Gasteiger partial charge in [0.2, 0.25) is 0 Å². The lowest BCUT2D eigenvalue weighted by Gasteiger charge is -2.12. The van der Waals surface area contributed by atoms with Crippen molar-refractivity contribution in [2.24, 2.45) is 0 Å². The molecule has 0 heterocycles. The fourth-order valence-electron chi connectivity index (χ4n) is 1.51. The van der Waals surface area contributed by atoms with E-state index in [1.54, 1.807) is 0 Å². The molecule has 2 aromatic carbocycles. The molecular formula is C14H14NO. The summed E-state index contributed by atoms with van der Waals surface area (Å²) < 4.78 is 0. The number of hydrogen-bond donors (Lipinski definition) is 2. The lowest BCUT2D eigenvalue weighted by molar-refractivity contribution is 0.191. The number of aliphatic hydroxyl groups is 1. The van der Waals surface area contributed by atoms with E-state index in [9.17, 15) is 5.11 Å². The standard InChI is InChI=1S/C14H14NO/c16-14(12-7-3-1-4-8-12)11-15-13-9-5-2-6-10-13/h1-5,7-10,14-16H,11H2/t14-/m1/s1. The second kappa shape index (κ2) is 5.33. The molecular weight excluding hydrogens is 198 g/mol. The maximum absolute atomic E-state index is 9.91. The fraction of sp³-hybridized carbons (Fsp3) is 0.143. The minimum absolute atomic E-state index is 0.485. The smallest absolute Gasteiger partial charge is 0.0962 e. The second-order valence-corrected chi connectivity index (χ2v) is 3.60. The molecule has 0 unspecified atom stereocenters. The zero-order chi connectivity index (χ0) is 11.2. The molecule has 0 fully saturated rings.